The predicted molar refractivity (Wildman–Crippen MR) is 91.6 cm³/mol. The van der Waals surface area contributed by atoms with Gasteiger partial charge in [-0.15, -0.1) is 0 Å². The van der Waals surface area contributed by atoms with Crippen molar-refractivity contribution in [3.05, 3.63) is 0 Å². The summed E-state index contributed by atoms with van der Waals surface area (Å²) in [6.45, 7) is 5.17. The molecule has 1 aliphatic heterocycles. The van der Waals surface area contributed by atoms with Crippen LogP contribution >= 0.6 is 0 Å². The Morgan fingerprint density at radius 2 is 1.75 bits per heavy atom. The number of aliphatic hydroxyl groups excluding tert-OH is 4. The van der Waals surface area contributed by atoms with E-state index in [-0.39, 0.29) is 6.42 Å². The summed E-state index contributed by atoms with van der Waals surface area (Å²) >= 11 is 0. The average molecular weight is 410 g/mol. The summed E-state index contributed by atoms with van der Waals surface area (Å²) in [5.74, 6) is -4.86. The maximum Gasteiger partial charge on any atom is 0.511 e. The smallest absolute Gasteiger partial charge is 0.431 e. The molecule has 5 N–H and O–H groups in total. The maximum absolute atomic E-state index is 12.3. The first-order chi connectivity index (χ1) is 12.9. The Kier molecular flexibility index (Phi) is 9.05. The van der Waals surface area contributed by atoms with Crippen LogP contribution in [0.2, 0.25) is 0 Å². The molecule has 0 amide bonds. The van der Waals surface area contributed by atoms with Gasteiger partial charge in [-0.3, -0.25) is 0 Å². The van der Waals surface area contributed by atoms with E-state index in [0.717, 1.165) is 0 Å². The summed E-state index contributed by atoms with van der Waals surface area (Å²) in [6.07, 6.45) is -8.70. The van der Waals surface area contributed by atoms with Crippen LogP contribution in [0, 0.1) is 5.92 Å². The number of rotatable bonds is 8. The molecule has 0 aromatic carbocycles. The van der Waals surface area contributed by atoms with Crippen molar-refractivity contribution in [2.75, 3.05) is 6.61 Å². The van der Waals surface area contributed by atoms with Crippen molar-refractivity contribution in [3.8, 4) is 0 Å². The largest absolute Gasteiger partial charge is 0.511 e. The highest BCUT2D eigenvalue weighted by molar-refractivity contribution is 5.78. The highest BCUT2D eigenvalue weighted by Gasteiger charge is 2.53. The van der Waals surface area contributed by atoms with E-state index in [1.165, 1.54) is 13.8 Å². The van der Waals surface area contributed by atoms with E-state index in [0.29, 0.717) is 0 Å². The van der Waals surface area contributed by atoms with Gasteiger partial charge in [-0.25, -0.2) is 9.59 Å². The van der Waals surface area contributed by atoms with Gasteiger partial charge in [0.05, 0.1) is 37.1 Å². The Labute approximate surface area is 162 Å². The molecule has 0 radical (unpaired) electrons. The SMILES string of the molecule is CC(C)OC(=O)OC(C)OC(=O)C1(O)CC(O)C([C@@H](C)O)C(C[C@H](O)CO)O1. The molecule has 5 unspecified atom stereocenters. The molecular formula is C17H30O11. The summed E-state index contributed by atoms with van der Waals surface area (Å²) in [5.41, 5.74) is 0. The molecule has 1 saturated heterocycles. The zero-order valence-electron chi connectivity index (χ0n) is 16.3. The summed E-state index contributed by atoms with van der Waals surface area (Å²) in [6, 6.07) is 0. The third kappa shape index (κ3) is 6.83. The highest BCUT2D eigenvalue weighted by Crippen LogP contribution is 2.36. The molecule has 11 heteroatoms. The van der Waals surface area contributed by atoms with Gasteiger partial charge < -0.3 is 44.5 Å². The van der Waals surface area contributed by atoms with Gasteiger partial charge in [0.15, 0.2) is 0 Å². The van der Waals surface area contributed by atoms with Gasteiger partial charge in [-0.2, -0.15) is 0 Å². The van der Waals surface area contributed by atoms with Crippen LogP contribution in [0.3, 0.4) is 0 Å². The first kappa shape index (κ1) is 24.5. The van der Waals surface area contributed by atoms with Crippen LogP contribution in [0.1, 0.15) is 40.5 Å². The zero-order chi connectivity index (χ0) is 21.6. The second-order valence-electron chi connectivity index (χ2n) is 7.11. The van der Waals surface area contributed by atoms with Gasteiger partial charge in [-0.1, -0.05) is 0 Å². The highest BCUT2D eigenvalue weighted by atomic mass is 16.8. The molecule has 11 nitrogen and oxygen atoms in total. The molecule has 1 fully saturated rings. The molecular weight excluding hydrogens is 380 g/mol. The molecule has 28 heavy (non-hydrogen) atoms. The lowest BCUT2D eigenvalue weighted by molar-refractivity contribution is -0.303. The molecule has 0 bridgehead atoms. The summed E-state index contributed by atoms with van der Waals surface area (Å²) in [5, 5.41) is 49.4. The van der Waals surface area contributed by atoms with Crippen LogP contribution in [0.5, 0.6) is 0 Å². The normalized spacial score (nSPS) is 31.0. The first-order valence-electron chi connectivity index (χ1n) is 9.03. The quantitative estimate of drug-likeness (QED) is 0.246. The Morgan fingerprint density at radius 3 is 2.25 bits per heavy atom. The third-order valence-electron chi connectivity index (χ3n) is 4.16. The number of carbonyl (C=O) groups is 2. The minimum absolute atomic E-state index is 0.258. The fourth-order valence-electron chi connectivity index (χ4n) is 2.98. The van der Waals surface area contributed by atoms with Crippen molar-refractivity contribution < 1.29 is 54.1 Å². The standard InChI is InChI=1S/C17H30O11/c1-8(2)25-16(23)27-10(4)26-15(22)17(24)6-12(21)14(9(3)19)13(28-17)5-11(20)7-18/h8-14,18-21,24H,5-7H2,1-4H3/t9-,10?,11+,12?,13?,14?,17?/m1/s1. The van der Waals surface area contributed by atoms with Gasteiger partial charge >= 0.3 is 12.1 Å². The number of hydrogen-bond acceptors (Lipinski definition) is 11. The molecule has 0 saturated carbocycles. The van der Waals surface area contributed by atoms with Crippen molar-refractivity contribution in [3.63, 3.8) is 0 Å². The third-order valence-corrected chi connectivity index (χ3v) is 4.16. The number of hydrogen-bond donors (Lipinski definition) is 5. The minimum atomic E-state index is -2.61. The van der Waals surface area contributed by atoms with Crippen molar-refractivity contribution >= 4 is 12.1 Å². The van der Waals surface area contributed by atoms with Gasteiger partial charge in [0, 0.05) is 25.7 Å². The van der Waals surface area contributed by atoms with Crippen molar-refractivity contribution in [1.82, 2.24) is 0 Å². The number of carbonyl (C=O) groups excluding carboxylic acids is 2. The van der Waals surface area contributed by atoms with Crippen molar-refractivity contribution in [2.24, 2.45) is 5.92 Å². The molecule has 1 rings (SSSR count). The van der Waals surface area contributed by atoms with Gasteiger partial charge in [0.25, 0.3) is 5.79 Å². The van der Waals surface area contributed by atoms with Crippen LogP contribution in [0.4, 0.5) is 4.79 Å². The first-order valence-corrected chi connectivity index (χ1v) is 9.03. The summed E-state index contributed by atoms with van der Waals surface area (Å²) < 4.78 is 19.6. The summed E-state index contributed by atoms with van der Waals surface area (Å²) in [7, 11) is 0. The van der Waals surface area contributed by atoms with E-state index in [1.54, 1.807) is 13.8 Å². The number of ether oxygens (including phenoxy) is 4. The lowest BCUT2D eigenvalue weighted by Crippen LogP contribution is -2.59. The van der Waals surface area contributed by atoms with Crippen LogP contribution in [0.15, 0.2) is 0 Å². The zero-order valence-corrected chi connectivity index (χ0v) is 16.3. The lowest BCUT2D eigenvalue weighted by Gasteiger charge is -2.44. The molecule has 7 atom stereocenters. The fraction of sp³-hybridized carbons (Fsp3) is 0.882. The fourth-order valence-corrected chi connectivity index (χ4v) is 2.98. The molecule has 0 aliphatic carbocycles. The monoisotopic (exact) mass is 410 g/mol. The molecule has 1 aliphatic rings. The summed E-state index contributed by atoms with van der Waals surface area (Å²) in [4.78, 5) is 23.8. The Hall–Kier alpha value is -1.50. The van der Waals surface area contributed by atoms with Crippen molar-refractivity contribution in [1.29, 1.82) is 0 Å². The molecule has 164 valence electrons. The predicted octanol–water partition coefficient (Wildman–Crippen LogP) is -0.984. The molecule has 0 spiro atoms. The second-order valence-corrected chi connectivity index (χ2v) is 7.11. The second kappa shape index (κ2) is 10.3. The van der Waals surface area contributed by atoms with Crippen LogP contribution in [0.25, 0.3) is 0 Å². The van der Waals surface area contributed by atoms with Crippen molar-refractivity contribution in [2.45, 2.75) is 83.1 Å². The average Bonchev–Trinajstić information content (AvgIpc) is 2.52. The van der Waals surface area contributed by atoms with E-state index < -0.39 is 73.7 Å². The molecule has 0 aromatic heterocycles. The van der Waals surface area contributed by atoms with Crippen LogP contribution < -0.4 is 0 Å². The Morgan fingerprint density at radius 1 is 1.14 bits per heavy atom. The maximum atomic E-state index is 12.3. The Bertz CT molecular complexity index is 523. The van der Waals surface area contributed by atoms with Gasteiger partial charge in [-0.05, 0) is 20.8 Å². The van der Waals surface area contributed by atoms with Crippen LogP contribution in [-0.2, 0) is 23.7 Å². The van der Waals surface area contributed by atoms with E-state index in [9.17, 15) is 30.0 Å². The van der Waals surface area contributed by atoms with Gasteiger partial charge in [0.1, 0.15) is 0 Å². The lowest BCUT2D eigenvalue weighted by atomic mass is 9.81. The minimum Gasteiger partial charge on any atom is -0.431 e. The molecule has 0 aromatic rings. The van der Waals surface area contributed by atoms with E-state index in [1.807, 2.05) is 0 Å². The van der Waals surface area contributed by atoms with Crippen LogP contribution in [-0.4, -0.2) is 86.9 Å². The Balaban J connectivity index is 2.84. The van der Waals surface area contributed by atoms with E-state index in [4.69, 9.17) is 24.1 Å². The van der Waals surface area contributed by atoms with E-state index >= 15 is 0 Å². The topological polar surface area (TPSA) is 172 Å². The molecule has 1 heterocycles. The number of esters is 1. The van der Waals surface area contributed by atoms with Gasteiger partial charge in [0.2, 0.25) is 6.29 Å². The number of aliphatic hydroxyl groups is 5. The van der Waals surface area contributed by atoms with E-state index in [2.05, 4.69) is 0 Å².